The van der Waals surface area contributed by atoms with Gasteiger partial charge in [-0.15, -0.1) is 0 Å². The average Bonchev–Trinajstić information content (AvgIpc) is 3.38. The van der Waals surface area contributed by atoms with Gasteiger partial charge < -0.3 is 15.1 Å². The lowest BCUT2D eigenvalue weighted by Crippen LogP contribution is -2.23. The number of carbonyl (C=O) groups excluding carboxylic acids is 1. The van der Waals surface area contributed by atoms with Gasteiger partial charge in [0.2, 0.25) is 5.95 Å². The van der Waals surface area contributed by atoms with Crippen molar-refractivity contribution in [3.8, 4) is 11.4 Å². The third-order valence-electron chi connectivity index (χ3n) is 4.27. The zero-order valence-corrected chi connectivity index (χ0v) is 16.0. The van der Waals surface area contributed by atoms with E-state index in [1.54, 1.807) is 17.1 Å². The SMILES string of the molecule is Cc1cnc(Nc2ccnn2C)nc1-c1coc(C(=O)NCc2ccccc2)n1. The van der Waals surface area contributed by atoms with Gasteiger partial charge >= 0.3 is 5.91 Å². The molecule has 0 saturated carbocycles. The summed E-state index contributed by atoms with van der Waals surface area (Å²) in [6, 6.07) is 11.4. The zero-order chi connectivity index (χ0) is 20.2. The van der Waals surface area contributed by atoms with Gasteiger partial charge in [-0.25, -0.2) is 15.0 Å². The van der Waals surface area contributed by atoms with Crippen molar-refractivity contribution in [1.82, 2.24) is 30.0 Å². The highest BCUT2D eigenvalue weighted by molar-refractivity contribution is 5.90. The summed E-state index contributed by atoms with van der Waals surface area (Å²) in [6.45, 7) is 2.26. The van der Waals surface area contributed by atoms with E-state index < -0.39 is 0 Å². The molecule has 29 heavy (non-hydrogen) atoms. The smallest absolute Gasteiger partial charge is 0.307 e. The molecule has 1 aromatic carbocycles. The van der Waals surface area contributed by atoms with Crippen LogP contribution >= 0.6 is 0 Å². The quantitative estimate of drug-likeness (QED) is 0.522. The molecule has 9 nitrogen and oxygen atoms in total. The molecule has 0 aliphatic heterocycles. The number of hydrogen-bond acceptors (Lipinski definition) is 7. The summed E-state index contributed by atoms with van der Waals surface area (Å²) < 4.78 is 7.05. The van der Waals surface area contributed by atoms with Crippen molar-refractivity contribution in [1.29, 1.82) is 0 Å². The first-order valence-corrected chi connectivity index (χ1v) is 8.97. The predicted octanol–water partition coefficient (Wildman–Crippen LogP) is 2.85. The van der Waals surface area contributed by atoms with Crippen molar-refractivity contribution in [2.45, 2.75) is 13.5 Å². The maximum atomic E-state index is 12.3. The number of oxazole rings is 1. The molecule has 0 radical (unpaired) electrons. The molecule has 0 unspecified atom stereocenters. The second-order valence-electron chi connectivity index (χ2n) is 6.40. The highest BCUT2D eigenvalue weighted by atomic mass is 16.4. The third kappa shape index (κ3) is 4.13. The molecule has 0 fully saturated rings. The molecule has 0 saturated heterocycles. The van der Waals surface area contributed by atoms with E-state index in [1.807, 2.05) is 50.4 Å². The Bertz CT molecular complexity index is 1130. The Balaban J connectivity index is 1.50. The maximum absolute atomic E-state index is 12.3. The van der Waals surface area contributed by atoms with Crippen LogP contribution in [0.3, 0.4) is 0 Å². The van der Waals surface area contributed by atoms with Crippen LogP contribution in [0.2, 0.25) is 0 Å². The van der Waals surface area contributed by atoms with Crippen molar-refractivity contribution in [2.75, 3.05) is 5.32 Å². The number of aromatic nitrogens is 5. The summed E-state index contributed by atoms with van der Waals surface area (Å²) in [5.41, 5.74) is 2.84. The first kappa shape index (κ1) is 18.4. The number of benzene rings is 1. The Morgan fingerprint density at radius 3 is 2.76 bits per heavy atom. The average molecular weight is 389 g/mol. The van der Waals surface area contributed by atoms with Crippen molar-refractivity contribution in [2.24, 2.45) is 7.05 Å². The molecule has 0 aliphatic rings. The third-order valence-corrected chi connectivity index (χ3v) is 4.27. The highest BCUT2D eigenvalue weighted by Crippen LogP contribution is 2.22. The van der Waals surface area contributed by atoms with Crippen LogP contribution in [0.1, 0.15) is 21.8 Å². The number of hydrogen-bond donors (Lipinski definition) is 2. The van der Waals surface area contributed by atoms with Crippen LogP contribution < -0.4 is 10.6 Å². The van der Waals surface area contributed by atoms with Crippen LogP contribution in [0.4, 0.5) is 11.8 Å². The fraction of sp³-hybridized carbons (Fsp3) is 0.150. The molecule has 1 amide bonds. The summed E-state index contributed by atoms with van der Waals surface area (Å²) in [5, 5.41) is 9.99. The second-order valence-corrected chi connectivity index (χ2v) is 6.40. The molecule has 0 atom stereocenters. The van der Waals surface area contributed by atoms with E-state index in [0.717, 1.165) is 16.9 Å². The molecule has 0 bridgehead atoms. The number of aryl methyl sites for hydroxylation is 2. The van der Waals surface area contributed by atoms with Crippen LogP contribution in [0.5, 0.6) is 0 Å². The Kier molecular flexibility index (Phi) is 5.02. The normalized spacial score (nSPS) is 10.7. The fourth-order valence-corrected chi connectivity index (χ4v) is 2.71. The van der Waals surface area contributed by atoms with Gasteiger partial charge in [0, 0.05) is 25.9 Å². The van der Waals surface area contributed by atoms with Crippen molar-refractivity contribution in [3.63, 3.8) is 0 Å². The minimum atomic E-state index is -0.389. The molecule has 0 aliphatic carbocycles. The van der Waals surface area contributed by atoms with Gasteiger partial charge in [0.1, 0.15) is 23.5 Å². The highest BCUT2D eigenvalue weighted by Gasteiger charge is 2.17. The predicted molar refractivity (Wildman–Crippen MR) is 106 cm³/mol. The van der Waals surface area contributed by atoms with Crippen molar-refractivity contribution in [3.05, 3.63) is 72.1 Å². The Labute approximate surface area is 166 Å². The molecule has 9 heteroatoms. The lowest BCUT2D eigenvalue weighted by molar-refractivity contribution is 0.0916. The maximum Gasteiger partial charge on any atom is 0.307 e. The van der Waals surface area contributed by atoms with E-state index in [1.165, 1.54) is 6.26 Å². The molecule has 0 spiro atoms. The van der Waals surface area contributed by atoms with E-state index in [2.05, 4.69) is 30.7 Å². The van der Waals surface area contributed by atoms with Crippen molar-refractivity contribution < 1.29 is 9.21 Å². The molecular weight excluding hydrogens is 370 g/mol. The van der Waals surface area contributed by atoms with E-state index in [4.69, 9.17) is 4.42 Å². The summed E-state index contributed by atoms with van der Waals surface area (Å²) >= 11 is 0. The Hall–Kier alpha value is -4.01. The number of nitrogens with zero attached hydrogens (tertiary/aromatic N) is 5. The summed E-state index contributed by atoms with van der Waals surface area (Å²) in [4.78, 5) is 25.4. The van der Waals surface area contributed by atoms with Crippen LogP contribution in [0.25, 0.3) is 11.4 Å². The van der Waals surface area contributed by atoms with E-state index in [9.17, 15) is 4.79 Å². The number of amides is 1. The van der Waals surface area contributed by atoms with Gasteiger partial charge in [0.05, 0.1) is 6.20 Å². The standard InChI is InChI=1S/C20H19N7O2/c1-13-10-22-20(25-16-8-9-23-27(16)2)26-17(13)15-12-29-19(24-15)18(28)21-11-14-6-4-3-5-7-14/h3-10,12H,11H2,1-2H3,(H,21,28)(H,22,25,26). The van der Waals surface area contributed by atoms with Gasteiger partial charge in [-0.2, -0.15) is 5.10 Å². The molecule has 146 valence electrons. The molecule has 4 rings (SSSR count). The van der Waals surface area contributed by atoms with Crippen LogP contribution in [-0.2, 0) is 13.6 Å². The molecule has 2 N–H and O–H groups in total. The Morgan fingerprint density at radius 1 is 1.17 bits per heavy atom. The lowest BCUT2D eigenvalue weighted by Gasteiger charge is -2.07. The fourth-order valence-electron chi connectivity index (χ4n) is 2.71. The van der Waals surface area contributed by atoms with Crippen LogP contribution in [0, 0.1) is 6.92 Å². The minimum absolute atomic E-state index is 0.0184. The summed E-state index contributed by atoms with van der Waals surface area (Å²) in [7, 11) is 1.81. The molecule has 3 aromatic heterocycles. The van der Waals surface area contributed by atoms with Crippen LogP contribution in [0.15, 0.2) is 59.5 Å². The molecular formula is C20H19N7O2. The number of anilines is 2. The second kappa shape index (κ2) is 7.93. The monoisotopic (exact) mass is 389 g/mol. The van der Waals surface area contributed by atoms with Crippen LogP contribution in [-0.4, -0.2) is 30.6 Å². The summed E-state index contributed by atoms with van der Waals surface area (Å²) in [5.74, 6) is 0.739. The van der Waals surface area contributed by atoms with Gasteiger partial charge in [-0.1, -0.05) is 30.3 Å². The van der Waals surface area contributed by atoms with E-state index >= 15 is 0 Å². The van der Waals surface area contributed by atoms with Crippen molar-refractivity contribution >= 4 is 17.7 Å². The largest absolute Gasteiger partial charge is 0.440 e. The first-order chi connectivity index (χ1) is 14.1. The number of carbonyl (C=O) groups is 1. The Morgan fingerprint density at radius 2 is 2.00 bits per heavy atom. The van der Waals surface area contributed by atoms with Gasteiger partial charge in [-0.3, -0.25) is 9.48 Å². The zero-order valence-electron chi connectivity index (χ0n) is 16.0. The van der Waals surface area contributed by atoms with E-state index in [-0.39, 0.29) is 11.8 Å². The molecule has 4 aromatic rings. The van der Waals surface area contributed by atoms with Gasteiger partial charge in [0.15, 0.2) is 0 Å². The number of rotatable bonds is 6. The lowest BCUT2D eigenvalue weighted by atomic mass is 10.2. The first-order valence-electron chi connectivity index (χ1n) is 8.97. The number of nitrogens with one attached hydrogen (secondary N) is 2. The molecule has 3 heterocycles. The van der Waals surface area contributed by atoms with Gasteiger partial charge in [0.25, 0.3) is 5.89 Å². The van der Waals surface area contributed by atoms with Gasteiger partial charge in [-0.05, 0) is 18.1 Å². The topological polar surface area (TPSA) is 111 Å². The van der Waals surface area contributed by atoms with E-state index in [0.29, 0.717) is 23.9 Å². The summed E-state index contributed by atoms with van der Waals surface area (Å²) in [6.07, 6.45) is 4.78. The minimum Gasteiger partial charge on any atom is -0.440 e.